The molecule has 4 nitrogen and oxygen atoms in total. The largest absolute Gasteiger partial charge is 0.478 e. The first-order chi connectivity index (χ1) is 9.60. The van der Waals surface area contributed by atoms with Crippen molar-refractivity contribution in [2.45, 2.75) is 4.90 Å². The Labute approximate surface area is 121 Å². The predicted molar refractivity (Wildman–Crippen MR) is 76.5 cm³/mol. The standard InChI is InChI=1S/C8H4N2.C7H6O2S/c9-5-7-3-1-2-4-8(7)6-10;8-7(9)5-3-1-2-4-6(5)10/h1-4H;1-4,10H,(H,8,9). The summed E-state index contributed by atoms with van der Waals surface area (Å²) in [6, 6.07) is 17.1. The normalized spacial score (nSPS) is 8.55. The van der Waals surface area contributed by atoms with E-state index in [9.17, 15) is 4.79 Å². The number of benzene rings is 2. The van der Waals surface area contributed by atoms with Gasteiger partial charge < -0.3 is 5.11 Å². The molecule has 1 N–H and O–H groups in total. The molecule has 5 heteroatoms. The van der Waals surface area contributed by atoms with Gasteiger partial charge in [0.2, 0.25) is 0 Å². The van der Waals surface area contributed by atoms with Crippen LogP contribution in [0.25, 0.3) is 0 Å². The molecule has 2 aromatic carbocycles. The van der Waals surface area contributed by atoms with E-state index >= 15 is 0 Å². The van der Waals surface area contributed by atoms with Gasteiger partial charge in [0.15, 0.2) is 0 Å². The second kappa shape index (κ2) is 7.63. The van der Waals surface area contributed by atoms with Gasteiger partial charge in [-0.3, -0.25) is 0 Å². The molecule has 0 saturated heterocycles. The van der Waals surface area contributed by atoms with Crippen molar-refractivity contribution in [2.24, 2.45) is 0 Å². The molecule has 0 amide bonds. The molecular formula is C15H10N2O2S. The zero-order chi connectivity index (χ0) is 15.0. The highest BCUT2D eigenvalue weighted by atomic mass is 32.1. The number of carboxylic acids is 1. The number of rotatable bonds is 1. The number of aromatic carboxylic acids is 1. The number of nitriles is 2. The predicted octanol–water partition coefficient (Wildman–Crippen LogP) is 3.10. The number of thiol groups is 1. The minimum absolute atomic E-state index is 0.242. The van der Waals surface area contributed by atoms with Crippen molar-refractivity contribution in [2.75, 3.05) is 0 Å². The van der Waals surface area contributed by atoms with Gasteiger partial charge in [-0.15, -0.1) is 12.6 Å². The van der Waals surface area contributed by atoms with Gasteiger partial charge >= 0.3 is 5.97 Å². The average molecular weight is 282 g/mol. The molecule has 0 radical (unpaired) electrons. The monoisotopic (exact) mass is 282 g/mol. The fourth-order valence-corrected chi connectivity index (χ4v) is 1.59. The maximum atomic E-state index is 10.4. The Hall–Kier alpha value is -2.76. The number of hydrogen-bond donors (Lipinski definition) is 2. The van der Waals surface area contributed by atoms with Crippen molar-refractivity contribution in [3.05, 3.63) is 65.2 Å². The third-order valence-electron chi connectivity index (χ3n) is 2.30. The lowest BCUT2D eigenvalue weighted by Gasteiger charge is -1.95. The van der Waals surface area contributed by atoms with Crippen LogP contribution in [0, 0.1) is 22.7 Å². The van der Waals surface area contributed by atoms with Crippen LogP contribution in [0.1, 0.15) is 21.5 Å². The van der Waals surface area contributed by atoms with E-state index in [4.69, 9.17) is 15.6 Å². The van der Waals surface area contributed by atoms with Crippen molar-refractivity contribution < 1.29 is 9.90 Å². The summed E-state index contributed by atoms with van der Waals surface area (Å²) in [7, 11) is 0. The Morgan fingerprint density at radius 2 is 1.40 bits per heavy atom. The van der Waals surface area contributed by atoms with E-state index in [1.165, 1.54) is 6.07 Å². The van der Waals surface area contributed by atoms with Gasteiger partial charge in [-0.05, 0) is 24.3 Å². The van der Waals surface area contributed by atoms with E-state index in [0.717, 1.165) is 0 Å². The van der Waals surface area contributed by atoms with Crippen molar-refractivity contribution >= 4 is 18.6 Å². The van der Waals surface area contributed by atoms with Crippen molar-refractivity contribution in [1.82, 2.24) is 0 Å². The van der Waals surface area contributed by atoms with Gasteiger partial charge in [0.25, 0.3) is 0 Å². The molecule has 0 heterocycles. The summed E-state index contributed by atoms with van der Waals surface area (Å²) < 4.78 is 0. The number of carboxylic acid groups (broad SMARTS) is 1. The zero-order valence-corrected chi connectivity index (χ0v) is 11.2. The van der Waals surface area contributed by atoms with Crippen molar-refractivity contribution in [3.63, 3.8) is 0 Å². The fourth-order valence-electron chi connectivity index (χ4n) is 1.33. The zero-order valence-electron chi connectivity index (χ0n) is 10.3. The van der Waals surface area contributed by atoms with Crippen LogP contribution in [0.4, 0.5) is 0 Å². The van der Waals surface area contributed by atoms with Crippen LogP contribution >= 0.6 is 12.6 Å². The summed E-state index contributed by atoms with van der Waals surface area (Å²) in [6.07, 6.45) is 0. The Bertz CT molecular complexity index is 667. The SMILES string of the molecule is N#Cc1ccccc1C#N.O=C(O)c1ccccc1S. The lowest BCUT2D eigenvalue weighted by Crippen LogP contribution is -1.96. The molecule has 20 heavy (non-hydrogen) atoms. The molecule has 0 fully saturated rings. The molecule has 98 valence electrons. The van der Waals surface area contributed by atoms with Crippen molar-refractivity contribution in [1.29, 1.82) is 10.5 Å². The number of carbonyl (C=O) groups is 1. The first-order valence-electron chi connectivity index (χ1n) is 5.50. The molecule has 0 saturated carbocycles. The summed E-state index contributed by atoms with van der Waals surface area (Å²) in [4.78, 5) is 10.9. The van der Waals surface area contributed by atoms with Crippen LogP contribution in [0.2, 0.25) is 0 Å². The first-order valence-corrected chi connectivity index (χ1v) is 5.95. The first kappa shape index (κ1) is 15.3. The smallest absolute Gasteiger partial charge is 0.336 e. The molecule has 0 aromatic heterocycles. The Morgan fingerprint density at radius 3 is 1.75 bits per heavy atom. The summed E-state index contributed by atoms with van der Waals surface area (Å²) >= 11 is 3.96. The van der Waals surface area contributed by atoms with Crippen LogP contribution in [0.3, 0.4) is 0 Å². The Kier molecular flexibility index (Phi) is 5.83. The van der Waals surface area contributed by atoms with Crippen LogP contribution in [0.15, 0.2) is 53.4 Å². The molecule has 2 aromatic rings. The second-order valence-electron chi connectivity index (χ2n) is 3.59. The maximum Gasteiger partial charge on any atom is 0.336 e. The quantitative estimate of drug-likeness (QED) is 0.787. The molecule has 0 aliphatic rings. The molecule has 2 rings (SSSR count). The number of nitrogens with zero attached hydrogens (tertiary/aromatic N) is 2. The molecule has 0 unspecified atom stereocenters. The van der Waals surface area contributed by atoms with Crippen molar-refractivity contribution in [3.8, 4) is 12.1 Å². The average Bonchev–Trinajstić information content (AvgIpc) is 2.48. The molecule has 0 aliphatic carbocycles. The van der Waals surface area contributed by atoms with Crippen LogP contribution in [-0.4, -0.2) is 11.1 Å². The van der Waals surface area contributed by atoms with Gasteiger partial charge in [-0.2, -0.15) is 10.5 Å². The highest BCUT2D eigenvalue weighted by molar-refractivity contribution is 7.80. The lowest BCUT2D eigenvalue weighted by molar-refractivity contribution is 0.0693. The Morgan fingerprint density at radius 1 is 0.950 bits per heavy atom. The summed E-state index contributed by atoms with van der Waals surface area (Å²) in [5.41, 5.74) is 1.11. The van der Waals surface area contributed by atoms with E-state index < -0.39 is 5.97 Å². The lowest BCUT2D eigenvalue weighted by atomic mass is 10.1. The van der Waals surface area contributed by atoms with E-state index in [1.807, 2.05) is 12.1 Å². The van der Waals surface area contributed by atoms with Crippen LogP contribution < -0.4 is 0 Å². The second-order valence-corrected chi connectivity index (χ2v) is 4.07. The van der Waals surface area contributed by atoms with Gasteiger partial charge in [-0.1, -0.05) is 24.3 Å². The molecule has 0 spiro atoms. The molecule has 0 atom stereocenters. The Balaban J connectivity index is 0.000000200. The summed E-state index contributed by atoms with van der Waals surface area (Å²) in [5, 5.41) is 25.4. The van der Waals surface area contributed by atoms with Gasteiger partial charge in [0.1, 0.15) is 12.1 Å². The molecular weight excluding hydrogens is 272 g/mol. The van der Waals surface area contributed by atoms with E-state index in [2.05, 4.69) is 12.6 Å². The minimum atomic E-state index is -0.939. The van der Waals surface area contributed by atoms with E-state index in [-0.39, 0.29) is 5.56 Å². The van der Waals surface area contributed by atoms with Gasteiger partial charge in [0, 0.05) is 4.90 Å². The van der Waals surface area contributed by atoms with Crippen LogP contribution in [-0.2, 0) is 0 Å². The van der Waals surface area contributed by atoms with Gasteiger partial charge in [-0.25, -0.2) is 4.79 Å². The van der Waals surface area contributed by atoms with Gasteiger partial charge in [0.05, 0.1) is 16.7 Å². The number of hydrogen-bond acceptors (Lipinski definition) is 4. The molecule has 0 aliphatic heterocycles. The van der Waals surface area contributed by atoms with E-state index in [0.29, 0.717) is 16.0 Å². The topological polar surface area (TPSA) is 84.9 Å². The summed E-state index contributed by atoms with van der Waals surface area (Å²) in [5.74, 6) is -0.939. The minimum Gasteiger partial charge on any atom is -0.478 e. The van der Waals surface area contributed by atoms with Crippen LogP contribution in [0.5, 0.6) is 0 Å². The third kappa shape index (κ3) is 4.16. The molecule has 0 bridgehead atoms. The third-order valence-corrected chi connectivity index (χ3v) is 2.69. The highest BCUT2D eigenvalue weighted by Gasteiger charge is 2.03. The fraction of sp³-hybridized carbons (Fsp3) is 0. The summed E-state index contributed by atoms with van der Waals surface area (Å²) in [6.45, 7) is 0. The maximum absolute atomic E-state index is 10.4. The van der Waals surface area contributed by atoms with E-state index in [1.54, 1.807) is 42.5 Å². The highest BCUT2D eigenvalue weighted by Crippen LogP contribution is 2.11.